The standard InChI is InChI=1S/C18H15FO4/c1-23-16-8-4-13(5-9-16)18(22)11-15(20)10-17(21)12-2-6-14(19)7-3-12/h2-9H,10-11H2,1H3. The van der Waals surface area contributed by atoms with Crippen LogP contribution in [0.25, 0.3) is 0 Å². The summed E-state index contributed by atoms with van der Waals surface area (Å²) in [5.74, 6) is -1.11. The third-order valence-corrected chi connectivity index (χ3v) is 3.29. The van der Waals surface area contributed by atoms with Crippen LogP contribution in [-0.2, 0) is 4.79 Å². The summed E-state index contributed by atoms with van der Waals surface area (Å²) in [7, 11) is 1.52. The Morgan fingerprint density at radius 3 is 1.70 bits per heavy atom. The van der Waals surface area contributed by atoms with Crippen molar-refractivity contribution in [2.24, 2.45) is 0 Å². The first-order valence-electron chi connectivity index (χ1n) is 6.97. The Hall–Kier alpha value is -2.82. The number of benzene rings is 2. The van der Waals surface area contributed by atoms with Crippen LogP contribution in [0.1, 0.15) is 33.6 Å². The van der Waals surface area contributed by atoms with Gasteiger partial charge in [-0.3, -0.25) is 14.4 Å². The van der Waals surface area contributed by atoms with E-state index in [4.69, 9.17) is 4.74 Å². The van der Waals surface area contributed by atoms with Crippen LogP contribution < -0.4 is 4.74 Å². The number of methoxy groups -OCH3 is 1. The SMILES string of the molecule is COc1ccc(C(=O)CC(=O)CC(=O)c2ccc(F)cc2)cc1. The van der Waals surface area contributed by atoms with E-state index in [1.54, 1.807) is 24.3 Å². The monoisotopic (exact) mass is 314 g/mol. The lowest BCUT2D eigenvalue weighted by molar-refractivity contribution is -0.117. The zero-order chi connectivity index (χ0) is 16.8. The van der Waals surface area contributed by atoms with Gasteiger partial charge in [0.15, 0.2) is 11.6 Å². The Balaban J connectivity index is 1.94. The van der Waals surface area contributed by atoms with Crippen molar-refractivity contribution in [2.45, 2.75) is 12.8 Å². The molecule has 2 aromatic carbocycles. The molecular formula is C18H15FO4. The molecule has 0 fully saturated rings. The largest absolute Gasteiger partial charge is 0.497 e. The predicted molar refractivity (Wildman–Crippen MR) is 82.3 cm³/mol. The molecule has 0 amide bonds. The quantitative estimate of drug-likeness (QED) is 0.581. The second-order valence-corrected chi connectivity index (χ2v) is 4.97. The van der Waals surface area contributed by atoms with Crippen molar-refractivity contribution < 1.29 is 23.5 Å². The maximum Gasteiger partial charge on any atom is 0.170 e. The summed E-state index contributed by atoms with van der Waals surface area (Å²) in [6, 6.07) is 11.3. The van der Waals surface area contributed by atoms with Crippen LogP contribution in [0.15, 0.2) is 48.5 Å². The third kappa shape index (κ3) is 4.57. The van der Waals surface area contributed by atoms with E-state index in [0.29, 0.717) is 11.3 Å². The van der Waals surface area contributed by atoms with Crippen molar-refractivity contribution in [3.05, 3.63) is 65.5 Å². The fourth-order valence-electron chi connectivity index (χ4n) is 2.04. The van der Waals surface area contributed by atoms with E-state index >= 15 is 0 Å². The molecule has 118 valence electrons. The van der Waals surface area contributed by atoms with E-state index in [9.17, 15) is 18.8 Å². The maximum atomic E-state index is 12.8. The van der Waals surface area contributed by atoms with Gasteiger partial charge in [0.1, 0.15) is 17.3 Å². The lowest BCUT2D eigenvalue weighted by atomic mass is 10.0. The summed E-state index contributed by atoms with van der Waals surface area (Å²) < 4.78 is 17.8. The highest BCUT2D eigenvalue weighted by atomic mass is 19.1. The summed E-state index contributed by atoms with van der Waals surface area (Å²) in [4.78, 5) is 35.8. The first kappa shape index (κ1) is 16.5. The van der Waals surface area contributed by atoms with Gasteiger partial charge in [-0.1, -0.05) is 0 Å². The fourth-order valence-corrected chi connectivity index (χ4v) is 2.04. The molecule has 2 aromatic rings. The van der Waals surface area contributed by atoms with Crippen LogP contribution in [0.2, 0.25) is 0 Å². The van der Waals surface area contributed by atoms with E-state index in [0.717, 1.165) is 12.1 Å². The van der Waals surface area contributed by atoms with E-state index in [-0.39, 0.29) is 24.2 Å². The van der Waals surface area contributed by atoms with E-state index in [1.165, 1.54) is 19.2 Å². The molecule has 0 saturated carbocycles. The molecule has 0 atom stereocenters. The van der Waals surface area contributed by atoms with Gasteiger partial charge in [-0.15, -0.1) is 0 Å². The minimum Gasteiger partial charge on any atom is -0.497 e. The Kier molecular flexibility index (Phi) is 5.36. The molecule has 2 rings (SSSR count). The third-order valence-electron chi connectivity index (χ3n) is 3.29. The van der Waals surface area contributed by atoms with Gasteiger partial charge in [0.25, 0.3) is 0 Å². The first-order valence-corrected chi connectivity index (χ1v) is 6.97. The van der Waals surface area contributed by atoms with Crippen LogP contribution >= 0.6 is 0 Å². The Bertz CT molecular complexity index is 718. The number of carbonyl (C=O) groups excluding carboxylic acids is 3. The molecule has 0 spiro atoms. The number of hydrogen-bond donors (Lipinski definition) is 0. The van der Waals surface area contributed by atoms with Gasteiger partial charge >= 0.3 is 0 Å². The molecule has 0 unspecified atom stereocenters. The molecule has 0 bridgehead atoms. The van der Waals surface area contributed by atoms with Crippen molar-refractivity contribution in [1.82, 2.24) is 0 Å². The minimum atomic E-state index is -0.472. The van der Waals surface area contributed by atoms with Gasteiger partial charge < -0.3 is 4.74 Å². The van der Waals surface area contributed by atoms with Crippen LogP contribution in [-0.4, -0.2) is 24.5 Å². The number of rotatable bonds is 7. The molecule has 0 saturated heterocycles. The molecule has 0 aliphatic carbocycles. The van der Waals surface area contributed by atoms with Gasteiger partial charge in [-0.25, -0.2) is 4.39 Å². The van der Waals surface area contributed by atoms with Gasteiger partial charge in [0.05, 0.1) is 20.0 Å². The molecule has 0 radical (unpaired) electrons. The molecule has 0 aromatic heterocycles. The molecule has 0 N–H and O–H groups in total. The Labute approximate surface area is 132 Å². The van der Waals surface area contributed by atoms with Crippen molar-refractivity contribution in [1.29, 1.82) is 0 Å². The lowest BCUT2D eigenvalue weighted by Gasteiger charge is -2.03. The topological polar surface area (TPSA) is 60.4 Å². The van der Waals surface area contributed by atoms with E-state index in [1.807, 2.05) is 0 Å². The first-order chi connectivity index (χ1) is 11.0. The summed E-state index contributed by atoms with van der Waals surface area (Å²) in [5.41, 5.74) is 0.630. The van der Waals surface area contributed by atoms with Gasteiger partial charge in [-0.2, -0.15) is 0 Å². The van der Waals surface area contributed by atoms with Crippen molar-refractivity contribution in [2.75, 3.05) is 7.11 Å². The highest BCUT2D eigenvalue weighted by Gasteiger charge is 2.16. The maximum absolute atomic E-state index is 12.8. The van der Waals surface area contributed by atoms with E-state index in [2.05, 4.69) is 0 Å². The Morgan fingerprint density at radius 2 is 1.26 bits per heavy atom. The molecule has 5 heteroatoms. The fraction of sp³-hybridized carbons (Fsp3) is 0.167. The minimum absolute atomic E-state index is 0.247. The number of halogens is 1. The zero-order valence-electron chi connectivity index (χ0n) is 12.5. The normalized spacial score (nSPS) is 10.2. The average molecular weight is 314 g/mol. The summed E-state index contributed by atoms with van der Waals surface area (Å²) in [6.45, 7) is 0. The zero-order valence-corrected chi connectivity index (χ0v) is 12.5. The number of Topliss-reactive ketones (excluding diaryl/α,β-unsaturated/α-hetero) is 3. The predicted octanol–water partition coefficient (Wildman–Crippen LogP) is 3.25. The second-order valence-electron chi connectivity index (χ2n) is 4.97. The highest BCUT2D eigenvalue weighted by Crippen LogP contribution is 2.14. The number of carbonyl (C=O) groups is 3. The van der Waals surface area contributed by atoms with Crippen LogP contribution in [0.5, 0.6) is 5.75 Å². The van der Waals surface area contributed by atoms with Crippen molar-refractivity contribution in [3.8, 4) is 5.75 Å². The van der Waals surface area contributed by atoms with E-state index < -0.39 is 17.4 Å². The summed E-state index contributed by atoms with van der Waals surface area (Å²) >= 11 is 0. The van der Waals surface area contributed by atoms with Crippen LogP contribution in [0.4, 0.5) is 4.39 Å². The summed E-state index contributed by atoms with van der Waals surface area (Å²) in [5, 5.41) is 0. The highest BCUT2D eigenvalue weighted by molar-refractivity contribution is 6.15. The van der Waals surface area contributed by atoms with Crippen LogP contribution in [0.3, 0.4) is 0 Å². The molecule has 23 heavy (non-hydrogen) atoms. The lowest BCUT2D eigenvalue weighted by Crippen LogP contribution is -2.13. The van der Waals surface area contributed by atoms with Gasteiger partial charge in [0, 0.05) is 11.1 Å². The van der Waals surface area contributed by atoms with Gasteiger partial charge in [-0.05, 0) is 48.5 Å². The smallest absolute Gasteiger partial charge is 0.170 e. The molecular weight excluding hydrogens is 299 g/mol. The number of hydrogen-bond acceptors (Lipinski definition) is 4. The van der Waals surface area contributed by atoms with Crippen molar-refractivity contribution >= 4 is 17.3 Å². The Morgan fingerprint density at radius 1 is 0.826 bits per heavy atom. The molecule has 0 heterocycles. The van der Waals surface area contributed by atoms with Gasteiger partial charge in [0.2, 0.25) is 0 Å². The molecule has 0 aliphatic heterocycles. The second kappa shape index (κ2) is 7.45. The van der Waals surface area contributed by atoms with Crippen molar-refractivity contribution in [3.63, 3.8) is 0 Å². The molecule has 0 aliphatic rings. The molecule has 4 nitrogen and oxygen atoms in total. The average Bonchev–Trinajstić information content (AvgIpc) is 2.55. The number of ether oxygens (including phenoxy) is 1. The summed E-state index contributed by atoms with van der Waals surface area (Å²) in [6.07, 6.45) is -0.729. The number of ketones is 3. The van der Waals surface area contributed by atoms with Crippen LogP contribution in [0, 0.1) is 5.82 Å².